The predicted octanol–water partition coefficient (Wildman–Crippen LogP) is 5.22. The first-order valence-corrected chi connectivity index (χ1v) is 10.6. The normalized spacial score (nSPS) is 15.4. The van der Waals surface area contributed by atoms with E-state index in [9.17, 15) is 5.26 Å². The number of para-hydroxylation sites is 1. The number of rotatable bonds is 2. The quantitative estimate of drug-likeness (QED) is 0.431. The van der Waals surface area contributed by atoms with Gasteiger partial charge in [0.05, 0.1) is 28.4 Å². The Hall–Kier alpha value is -3.82. The fraction of sp³-hybridized carbons (Fsp3) is 0.160. The molecule has 1 atom stereocenters. The average Bonchev–Trinajstić information content (AvgIpc) is 3.09. The molecule has 0 radical (unpaired) electrons. The van der Waals surface area contributed by atoms with Crippen LogP contribution in [0.3, 0.4) is 0 Å². The van der Waals surface area contributed by atoms with E-state index in [-0.39, 0.29) is 5.88 Å². The smallest absolute Gasteiger partial charge is 0.229 e. The summed E-state index contributed by atoms with van der Waals surface area (Å²) in [5.41, 5.74) is 12.5. The van der Waals surface area contributed by atoms with Crippen LogP contribution < -0.4 is 10.5 Å². The van der Waals surface area contributed by atoms with Crippen molar-refractivity contribution in [3.8, 4) is 17.6 Å². The standard InChI is InChI=1S/C25H20ClN5O/c1-13-9-14(2)22-16(10-13)11-18(23(26)29-22)21-19(12-27)24(28)32-25-20(21)15(3)30-31(25)17-7-5-4-6-8-17/h4-11,21H,28H2,1-3H3. The second-order valence-electron chi connectivity index (χ2n) is 8.00. The maximum atomic E-state index is 9.97. The van der Waals surface area contributed by atoms with Gasteiger partial charge >= 0.3 is 0 Å². The third-order valence-electron chi connectivity index (χ3n) is 5.78. The lowest BCUT2D eigenvalue weighted by Gasteiger charge is -2.25. The first kappa shape index (κ1) is 20.1. The van der Waals surface area contributed by atoms with E-state index in [0.29, 0.717) is 22.2 Å². The van der Waals surface area contributed by atoms with Gasteiger partial charge in [-0.05, 0) is 50.6 Å². The molecule has 2 N–H and O–H groups in total. The molecule has 0 spiro atoms. The molecule has 0 saturated heterocycles. The minimum Gasteiger partial charge on any atom is -0.422 e. The van der Waals surface area contributed by atoms with Gasteiger partial charge in [-0.15, -0.1) is 0 Å². The summed E-state index contributed by atoms with van der Waals surface area (Å²) in [6.45, 7) is 5.94. The lowest BCUT2D eigenvalue weighted by Crippen LogP contribution is -2.22. The number of allylic oxidation sites excluding steroid dienone is 1. The Morgan fingerprint density at radius 3 is 2.59 bits per heavy atom. The van der Waals surface area contributed by atoms with Crippen molar-refractivity contribution >= 4 is 22.5 Å². The summed E-state index contributed by atoms with van der Waals surface area (Å²) in [6, 6.07) is 18.0. The van der Waals surface area contributed by atoms with Crippen LogP contribution in [0.4, 0.5) is 0 Å². The molecule has 0 fully saturated rings. The van der Waals surface area contributed by atoms with E-state index in [1.165, 1.54) is 0 Å². The molecule has 1 unspecified atom stereocenters. The number of ether oxygens (including phenoxy) is 1. The zero-order valence-electron chi connectivity index (χ0n) is 17.8. The van der Waals surface area contributed by atoms with Gasteiger partial charge in [0.2, 0.25) is 11.8 Å². The number of hydrogen-bond donors (Lipinski definition) is 1. The minimum absolute atomic E-state index is 0.0404. The van der Waals surface area contributed by atoms with Crippen molar-refractivity contribution in [3.05, 3.63) is 93.1 Å². The number of pyridine rings is 1. The van der Waals surface area contributed by atoms with Crippen molar-refractivity contribution in [2.75, 3.05) is 0 Å². The number of aryl methyl sites for hydroxylation is 3. The minimum atomic E-state index is -0.536. The number of hydrogen-bond acceptors (Lipinski definition) is 5. The second kappa shape index (κ2) is 7.40. The van der Waals surface area contributed by atoms with Gasteiger partial charge in [0, 0.05) is 10.9 Å². The van der Waals surface area contributed by atoms with Gasteiger partial charge in [-0.1, -0.05) is 41.4 Å². The molecule has 1 aliphatic rings. The van der Waals surface area contributed by atoms with Crippen LogP contribution in [-0.2, 0) is 0 Å². The van der Waals surface area contributed by atoms with Crippen molar-refractivity contribution < 1.29 is 4.74 Å². The maximum Gasteiger partial charge on any atom is 0.229 e. The van der Waals surface area contributed by atoms with Crippen LogP contribution in [0.1, 0.15) is 33.9 Å². The molecule has 32 heavy (non-hydrogen) atoms. The van der Waals surface area contributed by atoms with Gasteiger partial charge in [-0.25, -0.2) is 9.67 Å². The van der Waals surface area contributed by atoms with E-state index < -0.39 is 5.92 Å². The van der Waals surface area contributed by atoms with Crippen molar-refractivity contribution in [2.24, 2.45) is 5.73 Å². The molecule has 2 aromatic carbocycles. The lowest BCUT2D eigenvalue weighted by molar-refractivity contribution is 0.367. The first-order valence-electron chi connectivity index (χ1n) is 10.2. The van der Waals surface area contributed by atoms with Crippen LogP contribution in [0.2, 0.25) is 5.15 Å². The summed E-state index contributed by atoms with van der Waals surface area (Å²) >= 11 is 6.71. The molecule has 158 valence electrons. The van der Waals surface area contributed by atoms with Crippen molar-refractivity contribution in [1.29, 1.82) is 5.26 Å². The highest BCUT2D eigenvalue weighted by molar-refractivity contribution is 6.30. The Balaban J connectivity index is 1.79. The Kier molecular flexibility index (Phi) is 4.65. The molecule has 0 aliphatic carbocycles. The van der Waals surface area contributed by atoms with Crippen molar-refractivity contribution in [2.45, 2.75) is 26.7 Å². The van der Waals surface area contributed by atoms with Crippen LogP contribution in [0.15, 0.2) is 60.0 Å². The number of halogens is 1. The molecule has 4 aromatic rings. The van der Waals surface area contributed by atoms with Crippen molar-refractivity contribution in [1.82, 2.24) is 14.8 Å². The van der Waals surface area contributed by atoms with E-state index in [1.54, 1.807) is 4.68 Å². The molecule has 5 rings (SSSR count). The van der Waals surface area contributed by atoms with Crippen molar-refractivity contribution in [3.63, 3.8) is 0 Å². The zero-order chi connectivity index (χ0) is 22.6. The molecular weight excluding hydrogens is 422 g/mol. The fourth-order valence-electron chi connectivity index (χ4n) is 4.42. The Bertz CT molecular complexity index is 1460. The van der Waals surface area contributed by atoms with Gasteiger partial charge in [0.1, 0.15) is 16.8 Å². The largest absolute Gasteiger partial charge is 0.422 e. The Morgan fingerprint density at radius 1 is 1.12 bits per heavy atom. The summed E-state index contributed by atoms with van der Waals surface area (Å²) in [7, 11) is 0. The van der Waals surface area contributed by atoms with Gasteiger partial charge < -0.3 is 10.5 Å². The maximum absolute atomic E-state index is 9.97. The van der Waals surface area contributed by atoms with Crippen LogP contribution in [0.25, 0.3) is 16.6 Å². The number of fused-ring (bicyclic) bond motifs is 2. The first-order chi connectivity index (χ1) is 15.4. The summed E-state index contributed by atoms with van der Waals surface area (Å²) in [6.07, 6.45) is 0. The molecule has 0 amide bonds. The second-order valence-corrected chi connectivity index (χ2v) is 8.36. The van der Waals surface area contributed by atoms with E-state index >= 15 is 0 Å². The van der Waals surface area contributed by atoms with E-state index in [0.717, 1.165) is 39.0 Å². The van der Waals surface area contributed by atoms with E-state index in [4.69, 9.17) is 27.2 Å². The topological polar surface area (TPSA) is 89.8 Å². The van der Waals surface area contributed by atoms with Crippen LogP contribution in [0, 0.1) is 32.1 Å². The molecule has 2 aromatic heterocycles. The number of nitrogens with zero attached hydrogens (tertiary/aromatic N) is 4. The van der Waals surface area contributed by atoms with Crippen LogP contribution in [0.5, 0.6) is 5.88 Å². The molecule has 1 aliphatic heterocycles. The average molecular weight is 442 g/mol. The van der Waals surface area contributed by atoms with E-state index in [2.05, 4.69) is 23.2 Å². The zero-order valence-corrected chi connectivity index (χ0v) is 18.6. The molecule has 0 bridgehead atoms. The highest BCUT2D eigenvalue weighted by Gasteiger charge is 2.37. The highest BCUT2D eigenvalue weighted by atomic mass is 35.5. The number of nitrogens with two attached hydrogens (primary N) is 1. The predicted molar refractivity (Wildman–Crippen MR) is 124 cm³/mol. The van der Waals surface area contributed by atoms with E-state index in [1.807, 2.05) is 57.2 Å². The summed E-state index contributed by atoms with van der Waals surface area (Å²) < 4.78 is 7.63. The Morgan fingerprint density at radius 2 is 1.88 bits per heavy atom. The SMILES string of the molecule is Cc1cc(C)c2nc(Cl)c(C3C(C#N)=C(N)Oc4c3c(C)nn4-c3ccccc3)cc2c1. The highest BCUT2D eigenvalue weighted by Crippen LogP contribution is 2.46. The Labute approximate surface area is 190 Å². The molecular formula is C25H20ClN5O. The van der Waals surface area contributed by atoms with Gasteiger partial charge in [-0.3, -0.25) is 0 Å². The number of nitriles is 1. The van der Waals surface area contributed by atoms with Gasteiger partial charge in [-0.2, -0.15) is 10.4 Å². The summed E-state index contributed by atoms with van der Waals surface area (Å²) in [5, 5.41) is 16.0. The third kappa shape index (κ3) is 3.02. The van der Waals surface area contributed by atoms with Gasteiger partial charge in [0.25, 0.3) is 0 Å². The monoisotopic (exact) mass is 441 g/mol. The van der Waals surface area contributed by atoms with Crippen LogP contribution >= 0.6 is 11.6 Å². The third-order valence-corrected chi connectivity index (χ3v) is 6.08. The summed E-state index contributed by atoms with van der Waals surface area (Å²) in [5.74, 6) is -0.0168. The summed E-state index contributed by atoms with van der Waals surface area (Å²) in [4.78, 5) is 4.68. The molecule has 3 heterocycles. The number of aromatic nitrogens is 3. The lowest BCUT2D eigenvalue weighted by atomic mass is 9.84. The molecule has 7 heteroatoms. The number of benzene rings is 2. The molecule has 6 nitrogen and oxygen atoms in total. The fourth-order valence-corrected chi connectivity index (χ4v) is 4.67. The van der Waals surface area contributed by atoms with Gasteiger partial charge in [0.15, 0.2) is 0 Å². The molecule has 0 saturated carbocycles. The van der Waals surface area contributed by atoms with Crippen LogP contribution in [-0.4, -0.2) is 14.8 Å².